The summed E-state index contributed by atoms with van der Waals surface area (Å²) in [7, 11) is 0. The highest BCUT2D eigenvalue weighted by molar-refractivity contribution is 8.00. The quantitative estimate of drug-likeness (QED) is 0.584. The highest BCUT2D eigenvalue weighted by Crippen LogP contribution is 2.35. The Morgan fingerprint density at radius 1 is 0.923 bits per heavy atom. The molecule has 2 atom stereocenters. The number of thioether (sulfide) groups is 1. The Morgan fingerprint density at radius 3 is 2.04 bits per heavy atom. The van der Waals surface area contributed by atoms with E-state index in [0.29, 0.717) is 0 Å². The number of carbonyl (C=O) groups is 3. The van der Waals surface area contributed by atoms with E-state index in [-0.39, 0.29) is 12.8 Å². The van der Waals surface area contributed by atoms with Crippen LogP contribution in [0.3, 0.4) is 0 Å². The molecule has 0 aliphatic heterocycles. The number of rotatable bonds is 9. The van der Waals surface area contributed by atoms with Crippen LogP contribution in [0.2, 0.25) is 0 Å². The third-order valence-corrected chi connectivity index (χ3v) is 4.87. The molecule has 2 aromatic carbocycles. The molecule has 0 fully saturated rings. The summed E-state index contributed by atoms with van der Waals surface area (Å²) >= 11 is 1.31. The fourth-order valence-corrected chi connectivity index (χ4v) is 3.36. The molecule has 0 aliphatic rings. The molecule has 26 heavy (non-hydrogen) atoms. The fourth-order valence-electron chi connectivity index (χ4n) is 2.31. The van der Waals surface area contributed by atoms with Crippen molar-refractivity contribution in [2.45, 2.75) is 29.0 Å². The molecule has 136 valence electrons. The monoisotopic (exact) mass is 373 g/mol. The molecular formula is C19H19NO5S. The lowest BCUT2D eigenvalue weighted by Gasteiger charge is -2.20. The van der Waals surface area contributed by atoms with Crippen LogP contribution < -0.4 is 5.32 Å². The summed E-state index contributed by atoms with van der Waals surface area (Å²) in [5.74, 6) is -2.83. The SMILES string of the molecule is O=C(O)CCC(NC(=O)C(Sc1ccccc1)c1ccccc1)C(=O)O. The fraction of sp³-hybridized carbons (Fsp3) is 0.211. The summed E-state index contributed by atoms with van der Waals surface area (Å²) < 4.78 is 0. The summed E-state index contributed by atoms with van der Waals surface area (Å²) in [6.45, 7) is 0. The van der Waals surface area contributed by atoms with Crippen LogP contribution in [0.4, 0.5) is 0 Å². The number of carbonyl (C=O) groups excluding carboxylic acids is 1. The van der Waals surface area contributed by atoms with Gasteiger partial charge in [0.15, 0.2) is 0 Å². The number of benzene rings is 2. The second-order valence-electron chi connectivity index (χ2n) is 5.55. The zero-order chi connectivity index (χ0) is 18.9. The van der Waals surface area contributed by atoms with E-state index >= 15 is 0 Å². The lowest BCUT2D eigenvalue weighted by atomic mass is 10.1. The Hall–Kier alpha value is -2.80. The lowest BCUT2D eigenvalue weighted by molar-refractivity contribution is -0.143. The minimum absolute atomic E-state index is 0.173. The maximum Gasteiger partial charge on any atom is 0.326 e. The number of amides is 1. The van der Waals surface area contributed by atoms with Crippen molar-refractivity contribution in [2.24, 2.45) is 0 Å². The predicted octanol–water partition coefficient (Wildman–Crippen LogP) is 2.95. The van der Waals surface area contributed by atoms with Crippen LogP contribution in [0.5, 0.6) is 0 Å². The van der Waals surface area contributed by atoms with Gasteiger partial charge in [-0.25, -0.2) is 4.79 Å². The van der Waals surface area contributed by atoms with Crippen molar-refractivity contribution >= 4 is 29.6 Å². The average molecular weight is 373 g/mol. The lowest BCUT2D eigenvalue weighted by Crippen LogP contribution is -2.42. The Labute approximate surface area is 155 Å². The molecule has 2 unspecified atom stereocenters. The van der Waals surface area contributed by atoms with Crippen molar-refractivity contribution in [1.82, 2.24) is 5.32 Å². The number of nitrogens with one attached hydrogen (secondary N) is 1. The normalized spacial score (nSPS) is 12.8. The highest BCUT2D eigenvalue weighted by Gasteiger charge is 2.27. The molecule has 2 aromatic rings. The van der Waals surface area contributed by atoms with Gasteiger partial charge in [0.1, 0.15) is 11.3 Å². The third kappa shape index (κ3) is 5.93. The summed E-state index contributed by atoms with van der Waals surface area (Å²) in [6.07, 6.45) is -0.507. The molecule has 0 saturated heterocycles. The van der Waals surface area contributed by atoms with E-state index < -0.39 is 29.1 Å². The molecule has 0 radical (unpaired) electrons. The Bertz CT molecular complexity index is 751. The standard InChI is InChI=1S/C19H19NO5S/c21-16(22)12-11-15(19(24)25)20-18(23)17(13-7-3-1-4-8-13)26-14-9-5-2-6-10-14/h1-10,15,17H,11-12H2,(H,20,23)(H,21,22)(H,24,25). The van der Waals surface area contributed by atoms with Crippen LogP contribution in [0.25, 0.3) is 0 Å². The van der Waals surface area contributed by atoms with Gasteiger partial charge in [0, 0.05) is 11.3 Å². The van der Waals surface area contributed by atoms with Crippen molar-refractivity contribution in [1.29, 1.82) is 0 Å². The predicted molar refractivity (Wildman–Crippen MR) is 97.9 cm³/mol. The molecule has 0 aromatic heterocycles. The van der Waals surface area contributed by atoms with E-state index in [0.717, 1.165) is 10.5 Å². The maximum absolute atomic E-state index is 12.8. The topological polar surface area (TPSA) is 104 Å². The third-order valence-electron chi connectivity index (χ3n) is 3.60. The largest absolute Gasteiger partial charge is 0.481 e. The molecule has 0 aliphatic carbocycles. The first kappa shape index (κ1) is 19.5. The van der Waals surface area contributed by atoms with Crippen LogP contribution in [-0.4, -0.2) is 34.1 Å². The maximum atomic E-state index is 12.8. The molecule has 0 spiro atoms. The van der Waals surface area contributed by atoms with E-state index in [9.17, 15) is 19.5 Å². The van der Waals surface area contributed by atoms with Crippen LogP contribution >= 0.6 is 11.8 Å². The van der Waals surface area contributed by atoms with Gasteiger partial charge in [-0.15, -0.1) is 11.8 Å². The Balaban J connectivity index is 2.19. The van der Waals surface area contributed by atoms with Gasteiger partial charge in [-0.3, -0.25) is 9.59 Å². The number of aliphatic carboxylic acids is 2. The van der Waals surface area contributed by atoms with Gasteiger partial charge in [-0.2, -0.15) is 0 Å². The number of hydrogen-bond acceptors (Lipinski definition) is 4. The van der Waals surface area contributed by atoms with E-state index in [4.69, 9.17) is 5.11 Å². The molecule has 3 N–H and O–H groups in total. The van der Waals surface area contributed by atoms with Crippen molar-refractivity contribution in [3.63, 3.8) is 0 Å². The van der Waals surface area contributed by atoms with Gasteiger partial charge in [0.2, 0.25) is 5.91 Å². The van der Waals surface area contributed by atoms with E-state index in [1.54, 1.807) is 24.3 Å². The van der Waals surface area contributed by atoms with Gasteiger partial charge >= 0.3 is 11.9 Å². The first-order chi connectivity index (χ1) is 12.5. The summed E-state index contributed by atoms with van der Waals surface area (Å²) in [5.41, 5.74) is 0.737. The van der Waals surface area contributed by atoms with E-state index in [2.05, 4.69) is 5.32 Å². The number of hydrogen-bond donors (Lipinski definition) is 3. The summed E-state index contributed by atoms with van der Waals surface area (Å²) in [6, 6.07) is 17.1. The second-order valence-corrected chi connectivity index (χ2v) is 6.73. The molecule has 6 nitrogen and oxygen atoms in total. The van der Waals surface area contributed by atoms with E-state index in [1.165, 1.54) is 11.8 Å². The van der Waals surface area contributed by atoms with Gasteiger partial charge in [-0.1, -0.05) is 48.5 Å². The molecule has 7 heteroatoms. The minimum atomic E-state index is -1.25. The van der Waals surface area contributed by atoms with Crippen LogP contribution in [0.1, 0.15) is 23.7 Å². The van der Waals surface area contributed by atoms with Crippen LogP contribution in [0.15, 0.2) is 65.6 Å². The van der Waals surface area contributed by atoms with Crippen molar-refractivity contribution in [2.75, 3.05) is 0 Å². The molecular weight excluding hydrogens is 354 g/mol. The van der Waals surface area contributed by atoms with Gasteiger partial charge < -0.3 is 15.5 Å². The number of carboxylic acids is 2. The molecule has 0 heterocycles. The minimum Gasteiger partial charge on any atom is -0.481 e. The van der Waals surface area contributed by atoms with Crippen LogP contribution in [0, 0.1) is 0 Å². The van der Waals surface area contributed by atoms with Gasteiger partial charge in [0.25, 0.3) is 0 Å². The van der Waals surface area contributed by atoms with Crippen molar-refractivity contribution in [3.8, 4) is 0 Å². The molecule has 0 bridgehead atoms. The van der Waals surface area contributed by atoms with E-state index in [1.807, 2.05) is 36.4 Å². The van der Waals surface area contributed by atoms with Crippen LogP contribution in [-0.2, 0) is 14.4 Å². The first-order valence-electron chi connectivity index (χ1n) is 7.99. The second kappa shape index (κ2) is 9.62. The van der Waals surface area contributed by atoms with Gasteiger partial charge in [-0.05, 0) is 24.1 Å². The Kier molecular flexibility index (Phi) is 7.23. The zero-order valence-electron chi connectivity index (χ0n) is 13.9. The molecule has 1 amide bonds. The highest BCUT2D eigenvalue weighted by atomic mass is 32.2. The summed E-state index contributed by atoms with van der Waals surface area (Å²) in [4.78, 5) is 35.7. The average Bonchev–Trinajstić information content (AvgIpc) is 2.64. The Morgan fingerprint density at radius 2 is 1.50 bits per heavy atom. The summed E-state index contributed by atoms with van der Waals surface area (Å²) in [5, 5.41) is 19.8. The van der Waals surface area contributed by atoms with Crippen molar-refractivity contribution in [3.05, 3.63) is 66.2 Å². The smallest absolute Gasteiger partial charge is 0.326 e. The van der Waals surface area contributed by atoms with Crippen molar-refractivity contribution < 1.29 is 24.6 Å². The zero-order valence-corrected chi connectivity index (χ0v) is 14.7. The first-order valence-corrected chi connectivity index (χ1v) is 8.87. The molecule has 0 saturated carbocycles. The number of carboxylic acid groups (broad SMARTS) is 2. The molecule has 2 rings (SSSR count). The van der Waals surface area contributed by atoms with Gasteiger partial charge in [0.05, 0.1) is 0 Å².